The van der Waals surface area contributed by atoms with E-state index in [-0.39, 0.29) is 11.4 Å². The van der Waals surface area contributed by atoms with Crippen LogP contribution in [-0.2, 0) is 6.54 Å². The molecule has 0 bridgehead atoms. The minimum Gasteiger partial charge on any atom is -0.496 e. The molecular weight excluding hydrogens is 219 g/mol. The molecule has 3 N–H and O–H groups in total. The molecule has 0 aliphatic carbocycles. The minimum absolute atomic E-state index is 0.0634. The van der Waals surface area contributed by atoms with Gasteiger partial charge in [0.05, 0.1) is 7.11 Å². The van der Waals surface area contributed by atoms with Gasteiger partial charge in [0.15, 0.2) is 0 Å². The number of halogens is 1. The second kappa shape index (κ2) is 5.98. The highest BCUT2D eigenvalue weighted by molar-refractivity contribution is 5.33. The number of rotatable bonds is 6. The van der Waals surface area contributed by atoms with Gasteiger partial charge in [0.1, 0.15) is 11.6 Å². The first-order chi connectivity index (χ1) is 7.98. The Bertz CT molecular complexity index is 366. The number of benzene rings is 1. The van der Waals surface area contributed by atoms with Gasteiger partial charge >= 0.3 is 0 Å². The smallest absolute Gasteiger partial charge is 0.123 e. The molecule has 0 amide bonds. The van der Waals surface area contributed by atoms with Crippen LogP contribution in [0.4, 0.5) is 4.39 Å². The summed E-state index contributed by atoms with van der Waals surface area (Å²) >= 11 is 0. The summed E-state index contributed by atoms with van der Waals surface area (Å²) in [6.07, 6.45) is 0.866. The Morgan fingerprint density at radius 2 is 2.12 bits per heavy atom. The lowest BCUT2D eigenvalue weighted by Crippen LogP contribution is -2.40. The molecule has 0 spiro atoms. The first kappa shape index (κ1) is 13.9. The normalized spacial score (nSPS) is 11.6. The van der Waals surface area contributed by atoms with E-state index in [1.54, 1.807) is 13.2 Å². The fourth-order valence-electron chi connectivity index (χ4n) is 1.67. The predicted molar refractivity (Wildman–Crippen MR) is 67.5 cm³/mol. The highest BCUT2D eigenvalue weighted by atomic mass is 19.1. The first-order valence-electron chi connectivity index (χ1n) is 5.76. The lowest BCUT2D eigenvalue weighted by atomic mass is 10.0. The third kappa shape index (κ3) is 4.32. The number of methoxy groups -OCH3 is 1. The van der Waals surface area contributed by atoms with E-state index in [2.05, 4.69) is 19.2 Å². The van der Waals surface area contributed by atoms with Gasteiger partial charge in [-0.05, 0) is 45.0 Å². The van der Waals surface area contributed by atoms with Crippen LogP contribution >= 0.6 is 0 Å². The van der Waals surface area contributed by atoms with Gasteiger partial charge in [0.25, 0.3) is 0 Å². The Morgan fingerprint density at radius 1 is 1.41 bits per heavy atom. The molecule has 0 radical (unpaired) electrons. The summed E-state index contributed by atoms with van der Waals surface area (Å²) in [7, 11) is 1.59. The van der Waals surface area contributed by atoms with E-state index in [1.165, 1.54) is 12.1 Å². The molecular formula is C13H21FN2O. The van der Waals surface area contributed by atoms with Crippen LogP contribution < -0.4 is 15.8 Å². The van der Waals surface area contributed by atoms with Crippen molar-refractivity contribution in [1.82, 2.24) is 5.32 Å². The van der Waals surface area contributed by atoms with Crippen molar-refractivity contribution in [2.75, 3.05) is 13.7 Å². The van der Waals surface area contributed by atoms with Crippen LogP contribution in [-0.4, -0.2) is 19.2 Å². The largest absolute Gasteiger partial charge is 0.496 e. The van der Waals surface area contributed by atoms with E-state index in [4.69, 9.17) is 10.5 Å². The molecule has 1 aromatic rings. The van der Waals surface area contributed by atoms with Crippen molar-refractivity contribution in [3.05, 3.63) is 29.6 Å². The van der Waals surface area contributed by atoms with Crippen molar-refractivity contribution in [2.24, 2.45) is 5.73 Å². The molecule has 4 heteroatoms. The Morgan fingerprint density at radius 3 is 2.71 bits per heavy atom. The Labute approximate surface area is 102 Å². The van der Waals surface area contributed by atoms with Gasteiger partial charge in [-0.3, -0.25) is 0 Å². The molecule has 0 heterocycles. The van der Waals surface area contributed by atoms with Gasteiger partial charge in [-0.25, -0.2) is 4.39 Å². The molecule has 0 saturated carbocycles. The summed E-state index contributed by atoms with van der Waals surface area (Å²) in [6, 6.07) is 4.53. The molecule has 0 saturated heterocycles. The van der Waals surface area contributed by atoms with Crippen molar-refractivity contribution in [3.63, 3.8) is 0 Å². The lowest BCUT2D eigenvalue weighted by Gasteiger charge is -2.26. The van der Waals surface area contributed by atoms with E-state index < -0.39 is 0 Å². The maximum Gasteiger partial charge on any atom is 0.123 e. The molecule has 0 aliphatic heterocycles. The number of nitrogens with one attached hydrogen (secondary N) is 1. The number of nitrogens with two attached hydrogens (primary N) is 1. The van der Waals surface area contributed by atoms with E-state index >= 15 is 0 Å². The van der Waals surface area contributed by atoms with Crippen LogP contribution in [0.3, 0.4) is 0 Å². The Hall–Kier alpha value is -1.13. The second-order valence-corrected chi connectivity index (χ2v) is 4.73. The maximum absolute atomic E-state index is 13.1. The lowest BCUT2D eigenvalue weighted by molar-refractivity contribution is 0.356. The van der Waals surface area contributed by atoms with Crippen molar-refractivity contribution in [2.45, 2.75) is 32.4 Å². The van der Waals surface area contributed by atoms with Crippen LogP contribution in [0.15, 0.2) is 18.2 Å². The standard InChI is InChI=1S/C13H21FN2O/c1-13(2,6-7-15)16-9-10-8-11(14)4-5-12(10)17-3/h4-5,8,16H,6-7,9,15H2,1-3H3. The summed E-state index contributed by atoms with van der Waals surface area (Å²) in [5.74, 6) is 0.446. The van der Waals surface area contributed by atoms with Gasteiger partial charge < -0.3 is 15.8 Å². The molecule has 0 unspecified atom stereocenters. The van der Waals surface area contributed by atoms with Crippen molar-refractivity contribution >= 4 is 0 Å². The van der Waals surface area contributed by atoms with E-state index in [0.29, 0.717) is 18.8 Å². The number of hydrogen-bond acceptors (Lipinski definition) is 3. The summed E-state index contributed by atoms with van der Waals surface area (Å²) < 4.78 is 18.3. The van der Waals surface area contributed by atoms with Gasteiger partial charge in [-0.1, -0.05) is 0 Å². The van der Waals surface area contributed by atoms with Gasteiger partial charge in [0, 0.05) is 17.6 Å². The summed E-state index contributed by atoms with van der Waals surface area (Å²) in [4.78, 5) is 0. The topological polar surface area (TPSA) is 47.3 Å². The third-order valence-corrected chi connectivity index (χ3v) is 2.77. The predicted octanol–water partition coefficient (Wildman–Crippen LogP) is 2.05. The van der Waals surface area contributed by atoms with Crippen LogP contribution in [0.1, 0.15) is 25.8 Å². The zero-order chi connectivity index (χ0) is 12.9. The monoisotopic (exact) mass is 240 g/mol. The minimum atomic E-state index is -0.251. The average molecular weight is 240 g/mol. The Balaban J connectivity index is 2.71. The fraction of sp³-hybridized carbons (Fsp3) is 0.538. The first-order valence-corrected chi connectivity index (χ1v) is 5.76. The Kier molecular flexibility index (Phi) is 4.90. The molecule has 3 nitrogen and oxygen atoms in total. The molecule has 17 heavy (non-hydrogen) atoms. The summed E-state index contributed by atoms with van der Waals surface area (Å²) in [5.41, 5.74) is 6.29. The van der Waals surface area contributed by atoms with Crippen molar-refractivity contribution < 1.29 is 9.13 Å². The molecule has 0 aliphatic rings. The van der Waals surface area contributed by atoms with Crippen molar-refractivity contribution in [1.29, 1.82) is 0 Å². The molecule has 0 fully saturated rings. The highest BCUT2D eigenvalue weighted by Gasteiger charge is 2.16. The number of hydrogen-bond donors (Lipinski definition) is 2. The molecule has 1 aromatic carbocycles. The molecule has 0 aromatic heterocycles. The molecule has 96 valence electrons. The summed E-state index contributed by atoms with van der Waals surface area (Å²) in [6.45, 7) is 5.34. The van der Waals surface area contributed by atoms with E-state index in [1.807, 2.05) is 0 Å². The number of ether oxygens (including phenoxy) is 1. The fourth-order valence-corrected chi connectivity index (χ4v) is 1.67. The quantitative estimate of drug-likeness (QED) is 0.800. The highest BCUT2D eigenvalue weighted by Crippen LogP contribution is 2.20. The second-order valence-electron chi connectivity index (χ2n) is 4.73. The van der Waals surface area contributed by atoms with Crippen LogP contribution in [0, 0.1) is 5.82 Å². The van der Waals surface area contributed by atoms with Gasteiger partial charge in [0.2, 0.25) is 0 Å². The summed E-state index contributed by atoms with van der Waals surface area (Å²) in [5, 5.41) is 3.35. The van der Waals surface area contributed by atoms with Crippen molar-refractivity contribution in [3.8, 4) is 5.75 Å². The third-order valence-electron chi connectivity index (χ3n) is 2.77. The van der Waals surface area contributed by atoms with E-state index in [0.717, 1.165) is 12.0 Å². The van der Waals surface area contributed by atoms with Gasteiger partial charge in [-0.15, -0.1) is 0 Å². The SMILES string of the molecule is COc1ccc(F)cc1CNC(C)(C)CCN. The maximum atomic E-state index is 13.1. The zero-order valence-corrected chi connectivity index (χ0v) is 10.7. The van der Waals surface area contributed by atoms with Crippen LogP contribution in [0.25, 0.3) is 0 Å². The molecule has 1 rings (SSSR count). The van der Waals surface area contributed by atoms with Gasteiger partial charge in [-0.2, -0.15) is 0 Å². The van der Waals surface area contributed by atoms with E-state index in [9.17, 15) is 4.39 Å². The zero-order valence-electron chi connectivity index (χ0n) is 10.7. The molecule has 0 atom stereocenters. The van der Waals surface area contributed by atoms with Crippen LogP contribution in [0.2, 0.25) is 0 Å². The average Bonchev–Trinajstić information content (AvgIpc) is 2.27. The van der Waals surface area contributed by atoms with Crippen LogP contribution in [0.5, 0.6) is 5.75 Å².